The van der Waals surface area contributed by atoms with E-state index in [0.29, 0.717) is 25.9 Å². The van der Waals surface area contributed by atoms with Crippen molar-refractivity contribution >= 4 is 25.8 Å². The van der Waals surface area contributed by atoms with Crippen LogP contribution in [0.25, 0.3) is 0 Å². The monoisotopic (exact) mass is 368 g/mol. The lowest BCUT2D eigenvalue weighted by Crippen LogP contribution is -2.47. The minimum absolute atomic E-state index is 0.0265. The molecule has 1 rings (SSSR count). The number of carbonyl (C=O) groups excluding carboxylic acids is 1. The molecule has 1 heterocycles. The molecule has 1 aliphatic heterocycles. The summed E-state index contributed by atoms with van der Waals surface area (Å²) in [5.41, 5.74) is 0. The standard InChI is InChI=1S/C14H28N2O5S2/c1-4-6-7-9-15(22(3,18)19)11-14(17)16(5-2)13-8-10-23(20,21)12-13/h13H,4-12H2,1-3H3. The van der Waals surface area contributed by atoms with Crippen molar-refractivity contribution in [1.82, 2.24) is 9.21 Å². The van der Waals surface area contributed by atoms with Crippen LogP contribution in [0, 0.1) is 0 Å². The maximum Gasteiger partial charge on any atom is 0.238 e. The number of likely N-dealkylation sites (N-methyl/N-ethyl adjacent to an activating group) is 1. The molecule has 1 amide bonds. The predicted molar refractivity (Wildman–Crippen MR) is 90.4 cm³/mol. The molecule has 7 nitrogen and oxygen atoms in total. The van der Waals surface area contributed by atoms with E-state index in [9.17, 15) is 21.6 Å². The molecule has 1 saturated heterocycles. The molecular formula is C14H28N2O5S2. The Kier molecular flexibility index (Phi) is 7.47. The first-order valence-electron chi connectivity index (χ1n) is 8.05. The zero-order valence-electron chi connectivity index (χ0n) is 14.2. The predicted octanol–water partition coefficient (Wildman–Crippen LogP) is 0.474. The van der Waals surface area contributed by atoms with Crippen LogP contribution in [0.1, 0.15) is 39.5 Å². The molecule has 0 aromatic carbocycles. The van der Waals surface area contributed by atoms with E-state index < -0.39 is 19.9 Å². The van der Waals surface area contributed by atoms with Crippen molar-refractivity contribution in [3.05, 3.63) is 0 Å². The first-order valence-corrected chi connectivity index (χ1v) is 11.7. The molecule has 1 fully saturated rings. The van der Waals surface area contributed by atoms with E-state index >= 15 is 0 Å². The Morgan fingerprint density at radius 3 is 2.30 bits per heavy atom. The van der Waals surface area contributed by atoms with Gasteiger partial charge in [-0.05, 0) is 19.8 Å². The molecule has 0 spiro atoms. The van der Waals surface area contributed by atoms with Crippen molar-refractivity contribution in [2.24, 2.45) is 0 Å². The van der Waals surface area contributed by atoms with Gasteiger partial charge in [0, 0.05) is 19.1 Å². The van der Waals surface area contributed by atoms with Gasteiger partial charge in [-0.25, -0.2) is 16.8 Å². The number of hydrogen-bond acceptors (Lipinski definition) is 5. The van der Waals surface area contributed by atoms with Gasteiger partial charge in [0.1, 0.15) is 0 Å². The molecule has 1 atom stereocenters. The second kappa shape index (κ2) is 8.43. The maximum atomic E-state index is 12.5. The van der Waals surface area contributed by atoms with Gasteiger partial charge < -0.3 is 4.90 Å². The van der Waals surface area contributed by atoms with Crippen molar-refractivity contribution in [3.8, 4) is 0 Å². The van der Waals surface area contributed by atoms with Crippen molar-refractivity contribution in [1.29, 1.82) is 0 Å². The number of rotatable bonds is 9. The topological polar surface area (TPSA) is 91.8 Å². The van der Waals surface area contributed by atoms with Crippen LogP contribution in [0.2, 0.25) is 0 Å². The van der Waals surface area contributed by atoms with E-state index in [2.05, 4.69) is 0 Å². The van der Waals surface area contributed by atoms with Gasteiger partial charge in [-0.1, -0.05) is 19.8 Å². The van der Waals surface area contributed by atoms with Crippen LogP contribution < -0.4 is 0 Å². The number of hydrogen-bond donors (Lipinski definition) is 0. The zero-order valence-corrected chi connectivity index (χ0v) is 15.8. The van der Waals surface area contributed by atoms with Gasteiger partial charge in [-0.15, -0.1) is 0 Å². The van der Waals surface area contributed by atoms with Gasteiger partial charge in [0.05, 0.1) is 24.3 Å². The van der Waals surface area contributed by atoms with Gasteiger partial charge in [0.25, 0.3) is 0 Å². The summed E-state index contributed by atoms with van der Waals surface area (Å²) in [6.45, 7) is 4.29. The summed E-state index contributed by atoms with van der Waals surface area (Å²) < 4.78 is 48.1. The molecule has 1 aliphatic rings. The third-order valence-electron chi connectivity index (χ3n) is 4.10. The van der Waals surface area contributed by atoms with Crippen molar-refractivity contribution < 1.29 is 21.6 Å². The number of carbonyl (C=O) groups is 1. The lowest BCUT2D eigenvalue weighted by molar-refractivity contribution is -0.133. The highest BCUT2D eigenvalue weighted by atomic mass is 32.2. The Labute approximate surface area is 140 Å². The van der Waals surface area contributed by atoms with E-state index in [1.807, 2.05) is 6.92 Å². The summed E-state index contributed by atoms with van der Waals surface area (Å²) in [6, 6.07) is -0.338. The fourth-order valence-corrected chi connectivity index (χ4v) is 5.34. The second-order valence-corrected chi connectivity index (χ2v) is 10.3. The molecule has 0 aromatic heterocycles. The molecule has 1 unspecified atom stereocenters. The summed E-state index contributed by atoms with van der Waals surface area (Å²) in [6.07, 6.45) is 4.10. The highest BCUT2D eigenvalue weighted by Gasteiger charge is 2.34. The van der Waals surface area contributed by atoms with Gasteiger partial charge in [-0.3, -0.25) is 4.79 Å². The molecule has 23 heavy (non-hydrogen) atoms. The SMILES string of the molecule is CCCCCN(CC(=O)N(CC)C1CCS(=O)(=O)C1)S(C)(=O)=O. The largest absolute Gasteiger partial charge is 0.338 e. The number of unbranched alkanes of at least 4 members (excludes halogenated alkanes) is 2. The van der Waals surface area contributed by atoms with Crippen LogP contribution in [-0.4, -0.2) is 75.4 Å². The molecular weight excluding hydrogens is 340 g/mol. The third kappa shape index (κ3) is 6.39. The number of sulfonamides is 1. The Bertz CT molecular complexity index is 601. The molecule has 9 heteroatoms. The van der Waals surface area contributed by atoms with E-state index in [4.69, 9.17) is 0 Å². The third-order valence-corrected chi connectivity index (χ3v) is 7.10. The number of sulfone groups is 1. The lowest BCUT2D eigenvalue weighted by Gasteiger charge is -2.29. The first kappa shape index (κ1) is 20.4. The van der Waals surface area contributed by atoms with Crippen molar-refractivity contribution in [2.45, 2.75) is 45.6 Å². The van der Waals surface area contributed by atoms with Crippen LogP contribution in [0.15, 0.2) is 0 Å². The Morgan fingerprint density at radius 2 is 1.87 bits per heavy atom. The first-order chi connectivity index (χ1) is 10.6. The Hall–Kier alpha value is -0.670. The summed E-state index contributed by atoms with van der Waals surface area (Å²) in [5, 5.41) is 0. The highest BCUT2D eigenvalue weighted by molar-refractivity contribution is 7.91. The molecule has 0 saturated carbocycles. The minimum Gasteiger partial charge on any atom is -0.338 e. The quantitative estimate of drug-likeness (QED) is 0.552. The van der Waals surface area contributed by atoms with E-state index in [1.54, 1.807) is 6.92 Å². The molecule has 0 aromatic rings. The lowest BCUT2D eigenvalue weighted by atomic mass is 10.2. The van der Waals surface area contributed by atoms with Crippen LogP contribution in [-0.2, 0) is 24.7 Å². The molecule has 0 radical (unpaired) electrons. The van der Waals surface area contributed by atoms with Crippen molar-refractivity contribution in [3.63, 3.8) is 0 Å². The highest BCUT2D eigenvalue weighted by Crippen LogP contribution is 2.18. The average Bonchev–Trinajstić information content (AvgIpc) is 2.77. The summed E-state index contributed by atoms with van der Waals surface area (Å²) in [4.78, 5) is 14.0. The number of nitrogens with zero attached hydrogens (tertiary/aromatic N) is 2. The van der Waals surface area contributed by atoms with E-state index in [1.165, 1.54) is 9.21 Å². The van der Waals surface area contributed by atoms with Gasteiger partial charge >= 0.3 is 0 Å². The zero-order chi connectivity index (χ0) is 17.7. The van der Waals surface area contributed by atoms with Crippen LogP contribution in [0.4, 0.5) is 0 Å². The maximum absolute atomic E-state index is 12.5. The summed E-state index contributed by atoms with van der Waals surface area (Å²) in [7, 11) is -6.55. The molecule has 0 bridgehead atoms. The summed E-state index contributed by atoms with van der Waals surface area (Å²) >= 11 is 0. The minimum atomic E-state index is -3.46. The van der Waals surface area contributed by atoms with Crippen LogP contribution in [0.5, 0.6) is 0 Å². The van der Waals surface area contributed by atoms with Crippen LogP contribution >= 0.6 is 0 Å². The second-order valence-electron chi connectivity index (χ2n) is 6.04. The van der Waals surface area contributed by atoms with E-state index in [-0.39, 0.29) is 30.0 Å². The molecule has 0 aliphatic carbocycles. The van der Waals surface area contributed by atoms with Crippen molar-refractivity contribution in [2.75, 3.05) is 37.4 Å². The van der Waals surface area contributed by atoms with E-state index in [0.717, 1.165) is 19.1 Å². The Morgan fingerprint density at radius 1 is 1.22 bits per heavy atom. The molecule has 136 valence electrons. The summed E-state index contributed by atoms with van der Waals surface area (Å²) in [5.74, 6) is -0.258. The fourth-order valence-electron chi connectivity index (χ4n) is 2.80. The van der Waals surface area contributed by atoms with Gasteiger partial charge in [0.2, 0.25) is 15.9 Å². The fraction of sp³-hybridized carbons (Fsp3) is 0.929. The Balaban J connectivity index is 2.75. The number of amides is 1. The normalized spacial score (nSPS) is 20.8. The smallest absolute Gasteiger partial charge is 0.238 e. The molecule has 0 N–H and O–H groups in total. The van der Waals surface area contributed by atoms with Gasteiger partial charge in [0.15, 0.2) is 9.84 Å². The van der Waals surface area contributed by atoms with Crippen LogP contribution in [0.3, 0.4) is 0 Å². The van der Waals surface area contributed by atoms with Gasteiger partial charge in [-0.2, -0.15) is 4.31 Å². The average molecular weight is 369 g/mol.